The molecule has 0 unspecified atom stereocenters. The third kappa shape index (κ3) is 3.71. The first-order valence-corrected chi connectivity index (χ1v) is 7.95. The molecule has 2 aromatic rings. The lowest BCUT2D eigenvalue weighted by molar-refractivity contribution is 0.196. The summed E-state index contributed by atoms with van der Waals surface area (Å²) in [4.78, 5) is 8.98. The SMILES string of the molecule is Fc1ccccc1OCCN1CCN(c2nccs2)CC1. The van der Waals surface area contributed by atoms with E-state index in [1.54, 1.807) is 29.5 Å². The van der Waals surface area contributed by atoms with Crippen LogP contribution in [0.1, 0.15) is 0 Å². The van der Waals surface area contributed by atoms with E-state index in [0.717, 1.165) is 37.9 Å². The van der Waals surface area contributed by atoms with Crippen molar-refractivity contribution in [1.29, 1.82) is 0 Å². The molecule has 0 amide bonds. The minimum atomic E-state index is -0.300. The van der Waals surface area contributed by atoms with Crippen LogP contribution in [0.3, 0.4) is 0 Å². The maximum Gasteiger partial charge on any atom is 0.185 e. The van der Waals surface area contributed by atoms with E-state index in [1.807, 2.05) is 11.6 Å². The quantitative estimate of drug-likeness (QED) is 0.848. The second-order valence-electron chi connectivity index (χ2n) is 4.92. The van der Waals surface area contributed by atoms with Crippen LogP contribution < -0.4 is 9.64 Å². The number of anilines is 1. The first-order chi connectivity index (χ1) is 10.3. The zero-order chi connectivity index (χ0) is 14.5. The number of hydrogen-bond donors (Lipinski definition) is 0. The average molecular weight is 307 g/mol. The predicted molar refractivity (Wildman–Crippen MR) is 82.7 cm³/mol. The smallest absolute Gasteiger partial charge is 0.185 e. The molecular weight excluding hydrogens is 289 g/mol. The molecule has 0 saturated carbocycles. The van der Waals surface area contributed by atoms with Crippen LogP contribution in [-0.4, -0.2) is 49.2 Å². The fourth-order valence-corrected chi connectivity index (χ4v) is 3.08. The normalized spacial score (nSPS) is 16.1. The first-order valence-electron chi connectivity index (χ1n) is 7.07. The summed E-state index contributed by atoms with van der Waals surface area (Å²) in [6.45, 7) is 5.26. The Balaban J connectivity index is 1.41. The van der Waals surface area contributed by atoms with E-state index < -0.39 is 0 Å². The molecular formula is C15H18FN3OS. The molecule has 0 bridgehead atoms. The Labute approximate surface area is 127 Å². The van der Waals surface area contributed by atoms with Crippen molar-refractivity contribution in [3.63, 3.8) is 0 Å². The highest BCUT2D eigenvalue weighted by Crippen LogP contribution is 2.19. The number of halogens is 1. The van der Waals surface area contributed by atoms with E-state index in [1.165, 1.54) is 6.07 Å². The maximum atomic E-state index is 13.4. The van der Waals surface area contributed by atoms with E-state index in [-0.39, 0.29) is 5.82 Å². The molecule has 1 aromatic heterocycles. The van der Waals surface area contributed by atoms with Crippen molar-refractivity contribution >= 4 is 16.5 Å². The van der Waals surface area contributed by atoms with Crippen LogP contribution in [0.4, 0.5) is 9.52 Å². The Hall–Kier alpha value is -1.66. The van der Waals surface area contributed by atoms with Gasteiger partial charge in [0.25, 0.3) is 0 Å². The fraction of sp³-hybridized carbons (Fsp3) is 0.400. The van der Waals surface area contributed by atoms with Gasteiger partial charge in [0.2, 0.25) is 0 Å². The van der Waals surface area contributed by atoms with Crippen molar-refractivity contribution in [2.45, 2.75) is 0 Å². The van der Waals surface area contributed by atoms with Gasteiger partial charge in [0.1, 0.15) is 6.61 Å². The molecule has 3 rings (SSSR count). The first kappa shape index (κ1) is 14.3. The molecule has 0 spiro atoms. The van der Waals surface area contributed by atoms with Crippen molar-refractivity contribution < 1.29 is 9.13 Å². The van der Waals surface area contributed by atoms with Gasteiger partial charge in [0, 0.05) is 44.3 Å². The molecule has 1 aliphatic heterocycles. The molecule has 21 heavy (non-hydrogen) atoms. The Morgan fingerprint density at radius 1 is 1.19 bits per heavy atom. The topological polar surface area (TPSA) is 28.6 Å². The summed E-state index contributed by atoms with van der Waals surface area (Å²) in [5.74, 6) is 0.0324. The second-order valence-corrected chi connectivity index (χ2v) is 5.80. The summed E-state index contributed by atoms with van der Waals surface area (Å²) in [7, 11) is 0. The average Bonchev–Trinajstić information content (AvgIpc) is 3.04. The van der Waals surface area contributed by atoms with E-state index >= 15 is 0 Å². The molecule has 1 saturated heterocycles. The molecule has 4 nitrogen and oxygen atoms in total. The summed E-state index contributed by atoms with van der Waals surface area (Å²) < 4.78 is 18.9. The van der Waals surface area contributed by atoms with E-state index in [0.29, 0.717) is 12.4 Å². The summed E-state index contributed by atoms with van der Waals surface area (Å²) >= 11 is 1.68. The number of ether oxygens (including phenoxy) is 1. The van der Waals surface area contributed by atoms with Gasteiger partial charge in [-0.1, -0.05) is 12.1 Å². The molecule has 0 atom stereocenters. The summed E-state index contributed by atoms with van der Waals surface area (Å²) in [6, 6.07) is 6.53. The fourth-order valence-electron chi connectivity index (χ4n) is 2.38. The third-order valence-electron chi connectivity index (χ3n) is 3.56. The van der Waals surface area contributed by atoms with Crippen LogP contribution in [0, 0.1) is 5.82 Å². The molecule has 6 heteroatoms. The number of benzene rings is 1. The van der Waals surface area contributed by atoms with Gasteiger partial charge in [0.15, 0.2) is 16.7 Å². The van der Waals surface area contributed by atoms with Crippen LogP contribution in [0.15, 0.2) is 35.8 Å². The number of rotatable bonds is 5. The molecule has 112 valence electrons. The Kier molecular flexibility index (Phi) is 4.67. The zero-order valence-electron chi connectivity index (χ0n) is 11.7. The Bertz CT molecular complexity index is 556. The van der Waals surface area contributed by atoms with Crippen molar-refractivity contribution in [3.8, 4) is 5.75 Å². The van der Waals surface area contributed by atoms with Crippen molar-refractivity contribution in [2.75, 3.05) is 44.2 Å². The lowest BCUT2D eigenvalue weighted by atomic mass is 10.3. The van der Waals surface area contributed by atoms with Gasteiger partial charge in [-0.2, -0.15) is 0 Å². The largest absolute Gasteiger partial charge is 0.489 e. The van der Waals surface area contributed by atoms with Crippen molar-refractivity contribution in [3.05, 3.63) is 41.7 Å². The third-order valence-corrected chi connectivity index (χ3v) is 4.40. The number of para-hydroxylation sites is 1. The number of thiazole rings is 1. The molecule has 1 aliphatic rings. The Morgan fingerprint density at radius 3 is 2.71 bits per heavy atom. The van der Waals surface area contributed by atoms with Gasteiger partial charge in [0.05, 0.1) is 0 Å². The molecule has 0 N–H and O–H groups in total. The monoisotopic (exact) mass is 307 g/mol. The van der Waals surface area contributed by atoms with Gasteiger partial charge < -0.3 is 9.64 Å². The summed E-state index contributed by atoms with van der Waals surface area (Å²) in [5, 5.41) is 3.10. The van der Waals surface area contributed by atoms with Gasteiger partial charge in [-0.15, -0.1) is 11.3 Å². The van der Waals surface area contributed by atoms with Gasteiger partial charge in [-0.3, -0.25) is 4.90 Å². The van der Waals surface area contributed by atoms with Crippen molar-refractivity contribution in [1.82, 2.24) is 9.88 Å². The lowest BCUT2D eigenvalue weighted by Gasteiger charge is -2.34. The molecule has 1 fully saturated rings. The van der Waals surface area contributed by atoms with E-state index in [9.17, 15) is 4.39 Å². The molecule has 2 heterocycles. The minimum absolute atomic E-state index is 0.300. The van der Waals surface area contributed by atoms with Crippen LogP contribution in [0.2, 0.25) is 0 Å². The van der Waals surface area contributed by atoms with E-state index in [4.69, 9.17) is 4.74 Å². The molecule has 0 aliphatic carbocycles. The maximum absolute atomic E-state index is 13.4. The lowest BCUT2D eigenvalue weighted by Crippen LogP contribution is -2.47. The predicted octanol–water partition coefficient (Wildman–Crippen LogP) is 2.48. The van der Waals surface area contributed by atoms with Crippen LogP contribution in [0.25, 0.3) is 0 Å². The summed E-state index contributed by atoms with van der Waals surface area (Å²) in [6.07, 6.45) is 1.84. The number of aromatic nitrogens is 1. The highest BCUT2D eigenvalue weighted by Gasteiger charge is 2.18. The van der Waals surface area contributed by atoms with Crippen molar-refractivity contribution in [2.24, 2.45) is 0 Å². The summed E-state index contributed by atoms with van der Waals surface area (Å²) in [5.41, 5.74) is 0. The number of hydrogen-bond acceptors (Lipinski definition) is 5. The highest BCUT2D eigenvalue weighted by molar-refractivity contribution is 7.13. The van der Waals surface area contributed by atoms with E-state index in [2.05, 4.69) is 14.8 Å². The van der Waals surface area contributed by atoms with Crippen LogP contribution in [0.5, 0.6) is 5.75 Å². The number of nitrogens with zero attached hydrogens (tertiary/aromatic N) is 3. The molecule has 1 aromatic carbocycles. The van der Waals surface area contributed by atoms with Crippen LogP contribution >= 0.6 is 11.3 Å². The van der Waals surface area contributed by atoms with Gasteiger partial charge in [-0.25, -0.2) is 9.37 Å². The second kappa shape index (κ2) is 6.87. The highest BCUT2D eigenvalue weighted by atomic mass is 32.1. The Morgan fingerprint density at radius 2 is 2.00 bits per heavy atom. The number of piperazine rings is 1. The minimum Gasteiger partial charge on any atom is -0.489 e. The van der Waals surface area contributed by atoms with Gasteiger partial charge in [-0.05, 0) is 12.1 Å². The molecule has 0 radical (unpaired) electrons. The van der Waals surface area contributed by atoms with Crippen LogP contribution in [-0.2, 0) is 0 Å². The zero-order valence-corrected chi connectivity index (χ0v) is 12.6. The van der Waals surface area contributed by atoms with Gasteiger partial charge >= 0.3 is 0 Å². The standard InChI is InChI=1S/C15H18FN3OS/c16-13-3-1-2-4-14(13)20-11-10-18-6-8-19(9-7-18)15-17-5-12-21-15/h1-5,12H,6-11H2.